The lowest BCUT2D eigenvalue weighted by Gasteiger charge is -2.14. The number of nitrogens with two attached hydrogens (primary N) is 1. The highest BCUT2D eigenvalue weighted by atomic mass is 16.5. The number of benzene rings is 1. The molecule has 1 aliphatic heterocycles. The topological polar surface area (TPSA) is 57.6 Å². The van der Waals surface area contributed by atoms with Crippen LogP contribution in [0.25, 0.3) is 0 Å². The predicted octanol–water partition coefficient (Wildman–Crippen LogP) is 2.80. The molecule has 19 heavy (non-hydrogen) atoms. The van der Waals surface area contributed by atoms with E-state index in [4.69, 9.17) is 19.6 Å². The number of furan rings is 1. The van der Waals surface area contributed by atoms with Crippen LogP contribution in [0, 0.1) is 6.92 Å². The maximum absolute atomic E-state index is 6.28. The average molecular weight is 259 g/mol. The first-order valence-electron chi connectivity index (χ1n) is 6.45. The molecule has 0 amide bonds. The third-order valence-corrected chi connectivity index (χ3v) is 3.36. The molecule has 0 saturated heterocycles. The molecule has 0 bridgehead atoms. The lowest BCUT2D eigenvalue weighted by atomic mass is 10.00. The molecule has 1 aliphatic rings. The molecule has 4 nitrogen and oxygen atoms in total. The van der Waals surface area contributed by atoms with Gasteiger partial charge in [-0.1, -0.05) is 6.07 Å². The zero-order valence-corrected chi connectivity index (χ0v) is 10.9. The summed E-state index contributed by atoms with van der Waals surface area (Å²) in [6, 6.07) is 7.55. The van der Waals surface area contributed by atoms with E-state index in [0.29, 0.717) is 13.2 Å². The van der Waals surface area contributed by atoms with Gasteiger partial charge in [0, 0.05) is 12.0 Å². The maximum Gasteiger partial charge on any atom is 0.161 e. The van der Waals surface area contributed by atoms with Crippen molar-refractivity contribution < 1.29 is 13.9 Å². The SMILES string of the molecule is Cc1occc1C(N)c1ccc2c(c1)OCCCO2. The van der Waals surface area contributed by atoms with Crippen LogP contribution >= 0.6 is 0 Å². The number of rotatable bonds is 2. The van der Waals surface area contributed by atoms with Crippen molar-refractivity contribution >= 4 is 0 Å². The van der Waals surface area contributed by atoms with Crippen molar-refractivity contribution in [2.75, 3.05) is 13.2 Å². The van der Waals surface area contributed by atoms with Crippen LogP contribution in [0.2, 0.25) is 0 Å². The zero-order valence-electron chi connectivity index (χ0n) is 10.9. The van der Waals surface area contributed by atoms with E-state index in [-0.39, 0.29) is 6.04 Å². The van der Waals surface area contributed by atoms with E-state index in [1.54, 1.807) is 6.26 Å². The van der Waals surface area contributed by atoms with Crippen LogP contribution in [0.1, 0.15) is 29.3 Å². The quantitative estimate of drug-likeness (QED) is 0.901. The first-order chi connectivity index (χ1) is 9.25. The number of hydrogen-bond acceptors (Lipinski definition) is 4. The van der Waals surface area contributed by atoms with Gasteiger partial charge in [-0.2, -0.15) is 0 Å². The molecule has 0 saturated carbocycles. The van der Waals surface area contributed by atoms with Gasteiger partial charge in [-0.3, -0.25) is 0 Å². The maximum atomic E-state index is 6.28. The fourth-order valence-corrected chi connectivity index (χ4v) is 2.27. The van der Waals surface area contributed by atoms with Crippen molar-refractivity contribution in [3.05, 3.63) is 47.4 Å². The largest absolute Gasteiger partial charge is 0.490 e. The smallest absolute Gasteiger partial charge is 0.161 e. The Morgan fingerprint density at radius 1 is 1.11 bits per heavy atom. The van der Waals surface area contributed by atoms with Crippen LogP contribution in [0.3, 0.4) is 0 Å². The number of hydrogen-bond donors (Lipinski definition) is 1. The Hall–Kier alpha value is -1.94. The molecule has 2 aromatic rings. The molecule has 100 valence electrons. The van der Waals surface area contributed by atoms with Gasteiger partial charge in [0.2, 0.25) is 0 Å². The van der Waals surface area contributed by atoms with E-state index in [0.717, 1.165) is 34.8 Å². The summed E-state index contributed by atoms with van der Waals surface area (Å²) in [5.41, 5.74) is 8.27. The molecular formula is C15H17NO3. The van der Waals surface area contributed by atoms with E-state index in [9.17, 15) is 0 Å². The van der Waals surface area contributed by atoms with Crippen molar-refractivity contribution in [2.45, 2.75) is 19.4 Å². The summed E-state index contributed by atoms with van der Waals surface area (Å²) in [4.78, 5) is 0. The van der Waals surface area contributed by atoms with Crippen molar-refractivity contribution in [3.8, 4) is 11.5 Å². The highest BCUT2D eigenvalue weighted by Crippen LogP contribution is 2.34. The highest BCUT2D eigenvalue weighted by Gasteiger charge is 2.17. The zero-order chi connectivity index (χ0) is 13.2. The van der Waals surface area contributed by atoms with E-state index in [2.05, 4.69) is 0 Å². The normalized spacial score (nSPS) is 15.9. The summed E-state index contributed by atoms with van der Waals surface area (Å²) < 4.78 is 16.6. The van der Waals surface area contributed by atoms with Gasteiger partial charge in [-0.05, 0) is 30.7 Å². The number of ether oxygens (including phenoxy) is 2. The summed E-state index contributed by atoms with van der Waals surface area (Å²) in [6.07, 6.45) is 2.56. The van der Waals surface area contributed by atoms with Crippen LogP contribution in [0.4, 0.5) is 0 Å². The van der Waals surface area contributed by atoms with E-state index in [1.807, 2.05) is 31.2 Å². The van der Waals surface area contributed by atoms with Crippen LogP contribution in [0.5, 0.6) is 11.5 Å². The summed E-state index contributed by atoms with van der Waals surface area (Å²) in [6.45, 7) is 3.29. The minimum atomic E-state index is -0.212. The summed E-state index contributed by atoms with van der Waals surface area (Å²) >= 11 is 0. The van der Waals surface area contributed by atoms with Gasteiger partial charge in [-0.15, -0.1) is 0 Å². The van der Waals surface area contributed by atoms with Gasteiger partial charge in [-0.25, -0.2) is 0 Å². The Morgan fingerprint density at radius 3 is 2.63 bits per heavy atom. The second-order valence-electron chi connectivity index (χ2n) is 4.67. The lowest BCUT2D eigenvalue weighted by molar-refractivity contribution is 0.297. The Bertz CT molecular complexity index is 577. The monoisotopic (exact) mass is 259 g/mol. The van der Waals surface area contributed by atoms with Crippen LogP contribution < -0.4 is 15.2 Å². The molecule has 1 atom stereocenters. The lowest BCUT2D eigenvalue weighted by Crippen LogP contribution is -2.12. The summed E-state index contributed by atoms with van der Waals surface area (Å²) in [7, 11) is 0. The van der Waals surface area contributed by atoms with Gasteiger partial charge in [0.1, 0.15) is 5.76 Å². The molecular weight excluding hydrogens is 242 g/mol. The van der Waals surface area contributed by atoms with Crippen molar-refractivity contribution in [1.82, 2.24) is 0 Å². The number of fused-ring (bicyclic) bond motifs is 1. The fraction of sp³-hybridized carbons (Fsp3) is 0.333. The third kappa shape index (κ3) is 2.31. The molecule has 1 aromatic carbocycles. The van der Waals surface area contributed by atoms with Gasteiger partial charge in [0.25, 0.3) is 0 Å². The first-order valence-corrected chi connectivity index (χ1v) is 6.45. The standard InChI is InChI=1S/C15H17NO3/c1-10-12(5-8-17-10)15(16)11-3-4-13-14(9-11)19-7-2-6-18-13/h3-5,8-9,15H,2,6-7,16H2,1H3. The molecule has 3 rings (SSSR count). The van der Waals surface area contributed by atoms with Crippen LogP contribution in [-0.4, -0.2) is 13.2 Å². The summed E-state index contributed by atoms with van der Waals surface area (Å²) in [5, 5.41) is 0. The van der Waals surface area contributed by atoms with Crippen molar-refractivity contribution in [2.24, 2.45) is 5.73 Å². The summed E-state index contributed by atoms with van der Waals surface area (Å²) in [5.74, 6) is 2.41. The van der Waals surface area contributed by atoms with Gasteiger partial charge in [0.05, 0.1) is 25.5 Å². The fourth-order valence-electron chi connectivity index (χ4n) is 2.27. The van der Waals surface area contributed by atoms with Crippen molar-refractivity contribution in [3.63, 3.8) is 0 Å². The molecule has 1 aromatic heterocycles. The Balaban J connectivity index is 1.93. The van der Waals surface area contributed by atoms with Gasteiger partial charge in [0.15, 0.2) is 11.5 Å². The van der Waals surface area contributed by atoms with Gasteiger partial charge < -0.3 is 19.6 Å². The molecule has 4 heteroatoms. The van der Waals surface area contributed by atoms with E-state index < -0.39 is 0 Å². The van der Waals surface area contributed by atoms with Crippen LogP contribution in [0.15, 0.2) is 34.9 Å². The molecule has 0 aliphatic carbocycles. The third-order valence-electron chi connectivity index (χ3n) is 3.36. The minimum absolute atomic E-state index is 0.212. The highest BCUT2D eigenvalue weighted by molar-refractivity contribution is 5.46. The molecule has 2 N–H and O–H groups in total. The molecule has 0 fully saturated rings. The molecule has 2 heterocycles. The van der Waals surface area contributed by atoms with Gasteiger partial charge >= 0.3 is 0 Å². The second-order valence-corrected chi connectivity index (χ2v) is 4.67. The minimum Gasteiger partial charge on any atom is -0.490 e. The number of aryl methyl sites for hydroxylation is 1. The Kier molecular flexibility index (Phi) is 3.17. The molecule has 0 spiro atoms. The predicted molar refractivity (Wildman–Crippen MR) is 71.5 cm³/mol. The Morgan fingerprint density at radius 2 is 1.89 bits per heavy atom. The molecule has 0 radical (unpaired) electrons. The average Bonchev–Trinajstić information content (AvgIpc) is 2.72. The van der Waals surface area contributed by atoms with E-state index in [1.165, 1.54) is 0 Å². The first kappa shape index (κ1) is 12.1. The molecule has 1 unspecified atom stereocenters. The Labute approximate surface area is 112 Å². The van der Waals surface area contributed by atoms with E-state index >= 15 is 0 Å². The van der Waals surface area contributed by atoms with Crippen molar-refractivity contribution in [1.29, 1.82) is 0 Å². The van der Waals surface area contributed by atoms with Crippen LogP contribution in [-0.2, 0) is 0 Å². The second kappa shape index (κ2) is 4.97.